The predicted molar refractivity (Wildman–Crippen MR) is 145 cm³/mol. The van der Waals surface area contributed by atoms with E-state index in [-0.39, 0.29) is 46.3 Å². The van der Waals surface area contributed by atoms with Gasteiger partial charge in [0.25, 0.3) is 5.56 Å². The maximum absolute atomic E-state index is 13.9. The summed E-state index contributed by atoms with van der Waals surface area (Å²) in [6.07, 6.45) is 10.00. The number of anilines is 3. The van der Waals surface area contributed by atoms with E-state index in [0.717, 1.165) is 45.1 Å². The first kappa shape index (κ1) is 24.7. The summed E-state index contributed by atoms with van der Waals surface area (Å²) >= 11 is 0. The van der Waals surface area contributed by atoms with Crippen LogP contribution < -0.4 is 16.2 Å². The third-order valence-corrected chi connectivity index (χ3v) is 9.39. The molecule has 1 unspecified atom stereocenters. The smallest absolute Gasteiger partial charge is 0.351 e. The Morgan fingerprint density at radius 1 is 1.15 bits per heavy atom. The Kier molecular flexibility index (Phi) is 5.80. The number of fused-ring (bicyclic) bond motifs is 4. The van der Waals surface area contributed by atoms with Crippen molar-refractivity contribution in [2.75, 3.05) is 38.4 Å². The molecular formula is C28H36N7O4+. The normalized spacial score (nSPS) is 29.7. The highest BCUT2D eigenvalue weighted by Gasteiger charge is 2.56. The van der Waals surface area contributed by atoms with Crippen LogP contribution in [-0.2, 0) is 9.47 Å². The molecule has 11 nitrogen and oxygen atoms in total. The molecule has 4 fully saturated rings. The van der Waals surface area contributed by atoms with Gasteiger partial charge < -0.3 is 24.7 Å². The highest BCUT2D eigenvalue weighted by atomic mass is 16.5. The summed E-state index contributed by atoms with van der Waals surface area (Å²) in [5, 5.41) is 10.9. The van der Waals surface area contributed by atoms with Gasteiger partial charge in [0.15, 0.2) is 5.65 Å². The van der Waals surface area contributed by atoms with Gasteiger partial charge in [-0.15, -0.1) is 0 Å². The predicted octanol–water partition coefficient (Wildman–Crippen LogP) is 2.95. The molecular weight excluding hydrogens is 498 g/mol. The van der Waals surface area contributed by atoms with Gasteiger partial charge in [-0.3, -0.25) is 9.28 Å². The molecule has 11 heteroatoms. The summed E-state index contributed by atoms with van der Waals surface area (Å²) in [6.45, 7) is 0.774. The number of amides is 1. The zero-order valence-electron chi connectivity index (χ0n) is 22.7. The maximum atomic E-state index is 13.9. The van der Waals surface area contributed by atoms with Crippen molar-refractivity contribution in [2.24, 2.45) is 5.92 Å². The Balaban J connectivity index is 1.20. The number of aromatic nitrogens is 4. The van der Waals surface area contributed by atoms with Crippen molar-refractivity contribution < 1.29 is 18.8 Å². The number of quaternary nitrogens is 1. The number of ether oxygens (including phenoxy) is 2. The van der Waals surface area contributed by atoms with E-state index < -0.39 is 0 Å². The zero-order chi connectivity index (χ0) is 26.9. The standard InChI is InChI=1S/C28H35N7O4/c1-29-24-14-23(31-21-5-4-9-33(27(21)36)17-12-18-6-7-19(13-17)39-18)32-26-20(15-30-34(24)26)28(37)35(2,3)22-11-16-8-10-38-25(16)22/h4-5,9,14-19,22,25H,6-8,10-13H2,1-3H3,(H-,29,30,31,32,37)/p+1/t16-,17?,18-,19+,22-,25-/m1/s1. The van der Waals surface area contributed by atoms with E-state index in [1.54, 1.807) is 29.9 Å². The number of likely N-dealkylation sites (N-methyl/N-ethyl adjacent to an activating group) is 1. The molecule has 0 radical (unpaired) electrons. The molecule has 3 aromatic rings. The summed E-state index contributed by atoms with van der Waals surface area (Å²) in [7, 11) is 5.69. The number of hydrogen-bond acceptors (Lipinski definition) is 8. The van der Waals surface area contributed by atoms with Crippen LogP contribution in [0.5, 0.6) is 0 Å². The summed E-state index contributed by atoms with van der Waals surface area (Å²) in [6, 6.07) is 5.71. The van der Waals surface area contributed by atoms with Gasteiger partial charge in [-0.05, 0) is 50.2 Å². The Morgan fingerprint density at radius 2 is 1.95 bits per heavy atom. The zero-order valence-corrected chi connectivity index (χ0v) is 22.7. The lowest BCUT2D eigenvalue weighted by atomic mass is 9.75. The van der Waals surface area contributed by atoms with Crippen LogP contribution in [0, 0.1) is 5.92 Å². The van der Waals surface area contributed by atoms with Gasteiger partial charge in [0, 0.05) is 38.4 Å². The van der Waals surface area contributed by atoms with E-state index in [2.05, 4.69) is 15.7 Å². The molecule has 7 rings (SSSR count). The number of hydrogen-bond donors (Lipinski definition) is 2. The molecule has 2 bridgehead atoms. The minimum absolute atomic E-state index is 0.0492. The second-order valence-corrected chi connectivity index (χ2v) is 11.9. The number of pyridine rings is 1. The van der Waals surface area contributed by atoms with Gasteiger partial charge in [0.1, 0.15) is 35.0 Å². The van der Waals surface area contributed by atoms with Gasteiger partial charge in [-0.2, -0.15) is 9.61 Å². The minimum atomic E-state index is -0.0878. The van der Waals surface area contributed by atoms with Gasteiger partial charge in [0.05, 0.1) is 32.5 Å². The van der Waals surface area contributed by atoms with Crippen LogP contribution in [0.15, 0.2) is 35.4 Å². The SMILES string of the molecule is CNc1cc(Nc2cccn(C3C[C@H]4CC[C@@H](C3)O4)c2=O)nc2c(C(=O)[N+](C)(C)[C@@H]3C[C@H]4CCO[C@H]43)cnn12. The topological polar surface area (TPSA) is 112 Å². The number of carbonyl (C=O) groups is 1. The molecule has 0 aromatic carbocycles. The first-order valence-corrected chi connectivity index (χ1v) is 14.0. The molecule has 4 aliphatic rings. The fourth-order valence-corrected chi connectivity index (χ4v) is 7.12. The summed E-state index contributed by atoms with van der Waals surface area (Å²) in [4.78, 5) is 32.2. The Labute approximate surface area is 226 Å². The van der Waals surface area contributed by atoms with E-state index in [4.69, 9.17) is 14.5 Å². The van der Waals surface area contributed by atoms with Gasteiger partial charge in [-0.25, -0.2) is 9.78 Å². The van der Waals surface area contributed by atoms with Crippen LogP contribution in [-0.4, -0.2) is 81.7 Å². The van der Waals surface area contributed by atoms with Crippen molar-refractivity contribution in [3.63, 3.8) is 0 Å². The molecule has 1 aliphatic carbocycles. The Morgan fingerprint density at radius 3 is 2.69 bits per heavy atom. The van der Waals surface area contributed by atoms with E-state index in [9.17, 15) is 9.59 Å². The van der Waals surface area contributed by atoms with Crippen LogP contribution in [0.25, 0.3) is 5.65 Å². The van der Waals surface area contributed by atoms with Crippen LogP contribution >= 0.6 is 0 Å². The third-order valence-electron chi connectivity index (χ3n) is 9.39. The lowest BCUT2D eigenvalue weighted by molar-refractivity contribution is -0.848. The second kappa shape index (κ2) is 9.14. The van der Waals surface area contributed by atoms with Crippen LogP contribution in [0.2, 0.25) is 0 Å². The molecule has 0 spiro atoms. The van der Waals surface area contributed by atoms with Crippen LogP contribution in [0.4, 0.5) is 17.3 Å². The lowest BCUT2D eigenvalue weighted by Gasteiger charge is -2.47. The van der Waals surface area contributed by atoms with Crippen molar-refractivity contribution >= 4 is 28.9 Å². The van der Waals surface area contributed by atoms with E-state index in [1.807, 2.05) is 30.9 Å². The Hall–Kier alpha value is -3.28. The van der Waals surface area contributed by atoms with Crippen molar-refractivity contribution in [1.29, 1.82) is 0 Å². The minimum Gasteiger partial charge on any atom is -0.375 e. The largest absolute Gasteiger partial charge is 0.375 e. The first-order chi connectivity index (χ1) is 18.8. The van der Waals surface area contributed by atoms with Crippen LogP contribution in [0.3, 0.4) is 0 Å². The highest BCUT2D eigenvalue weighted by molar-refractivity contribution is 5.96. The average molecular weight is 535 g/mol. The number of nitrogens with one attached hydrogen (secondary N) is 2. The monoisotopic (exact) mass is 534 g/mol. The molecule has 1 amide bonds. The van der Waals surface area contributed by atoms with E-state index >= 15 is 0 Å². The molecule has 1 saturated carbocycles. The van der Waals surface area contributed by atoms with Gasteiger partial charge >= 0.3 is 5.91 Å². The molecule has 39 heavy (non-hydrogen) atoms. The van der Waals surface area contributed by atoms with Crippen molar-refractivity contribution in [1.82, 2.24) is 19.2 Å². The van der Waals surface area contributed by atoms with Crippen molar-refractivity contribution in [2.45, 2.75) is 68.9 Å². The van der Waals surface area contributed by atoms with Crippen molar-refractivity contribution in [3.05, 3.63) is 46.5 Å². The molecule has 6 atom stereocenters. The molecule has 3 aliphatic heterocycles. The number of nitrogens with zero attached hydrogens (tertiary/aromatic N) is 5. The average Bonchev–Trinajstić information content (AvgIpc) is 3.60. The van der Waals surface area contributed by atoms with Crippen LogP contribution in [0.1, 0.15) is 54.9 Å². The molecule has 3 saturated heterocycles. The second-order valence-electron chi connectivity index (χ2n) is 11.9. The molecule has 6 heterocycles. The quantitative estimate of drug-likeness (QED) is 0.465. The van der Waals surface area contributed by atoms with Gasteiger partial charge in [0.2, 0.25) is 0 Å². The molecule has 3 aromatic heterocycles. The third kappa shape index (κ3) is 3.97. The van der Waals surface area contributed by atoms with Crippen molar-refractivity contribution in [3.8, 4) is 0 Å². The molecule has 206 valence electrons. The molecule has 2 N–H and O–H groups in total. The highest BCUT2D eigenvalue weighted by Crippen LogP contribution is 2.44. The fraction of sp³-hybridized carbons (Fsp3) is 0.571. The number of carbonyl (C=O) groups excluding carboxylic acids is 1. The maximum Gasteiger partial charge on any atom is 0.351 e. The van der Waals surface area contributed by atoms with E-state index in [0.29, 0.717) is 34.5 Å². The Bertz CT molecular complexity index is 1480. The van der Waals surface area contributed by atoms with E-state index in [1.165, 1.54) is 0 Å². The lowest BCUT2D eigenvalue weighted by Crippen LogP contribution is -2.64. The van der Waals surface area contributed by atoms with Gasteiger partial charge in [-0.1, -0.05) is 0 Å². The summed E-state index contributed by atoms with van der Waals surface area (Å²) in [5.74, 6) is 1.63. The fourth-order valence-electron chi connectivity index (χ4n) is 7.12. The number of rotatable bonds is 6. The first-order valence-electron chi connectivity index (χ1n) is 14.0. The summed E-state index contributed by atoms with van der Waals surface area (Å²) < 4.78 is 15.6. The summed E-state index contributed by atoms with van der Waals surface area (Å²) in [5.41, 5.74) is 1.25.